The SMILES string of the molecule is CCOC(=O)C/C=C(\C)C(C)C/C=C(\C)CC. The monoisotopic (exact) mass is 238 g/mol. The Bertz CT molecular complexity index is 287. The molecular formula is C15H26O2. The number of carbonyl (C=O) groups excluding carboxylic acids is 1. The van der Waals surface area contributed by atoms with Crippen LogP contribution in [0.25, 0.3) is 0 Å². The van der Waals surface area contributed by atoms with Crippen LogP contribution >= 0.6 is 0 Å². The van der Waals surface area contributed by atoms with Crippen LogP contribution in [0.3, 0.4) is 0 Å². The fraction of sp³-hybridized carbons (Fsp3) is 0.667. The third kappa shape index (κ3) is 7.78. The van der Waals surface area contributed by atoms with Crippen molar-refractivity contribution in [3.05, 3.63) is 23.3 Å². The van der Waals surface area contributed by atoms with Gasteiger partial charge in [-0.2, -0.15) is 0 Å². The standard InChI is InChI=1S/C15H26O2/c1-6-12(3)8-9-13(4)14(5)10-11-15(16)17-7-2/h8,10,13H,6-7,9,11H2,1-5H3/b12-8+,14-10+. The number of allylic oxidation sites excluding steroid dienone is 3. The first kappa shape index (κ1) is 16.0. The summed E-state index contributed by atoms with van der Waals surface area (Å²) in [6.45, 7) is 10.9. The van der Waals surface area contributed by atoms with Gasteiger partial charge in [-0.05, 0) is 39.5 Å². The molecule has 0 spiro atoms. The molecule has 0 heterocycles. The molecule has 17 heavy (non-hydrogen) atoms. The van der Waals surface area contributed by atoms with Gasteiger partial charge in [0.15, 0.2) is 0 Å². The Hall–Kier alpha value is -1.05. The summed E-state index contributed by atoms with van der Waals surface area (Å²) in [5, 5.41) is 0. The molecule has 0 bridgehead atoms. The molecule has 1 unspecified atom stereocenters. The Morgan fingerprint density at radius 2 is 1.88 bits per heavy atom. The predicted octanol–water partition coefficient (Wildman–Crippen LogP) is 4.27. The Morgan fingerprint density at radius 3 is 2.41 bits per heavy atom. The molecule has 0 radical (unpaired) electrons. The predicted molar refractivity (Wildman–Crippen MR) is 72.8 cm³/mol. The van der Waals surface area contributed by atoms with Gasteiger partial charge in [-0.3, -0.25) is 4.79 Å². The third-order valence-corrected chi connectivity index (χ3v) is 3.05. The highest BCUT2D eigenvalue weighted by atomic mass is 16.5. The first-order valence-electron chi connectivity index (χ1n) is 6.49. The average molecular weight is 238 g/mol. The van der Waals surface area contributed by atoms with Gasteiger partial charge in [-0.1, -0.05) is 37.1 Å². The van der Waals surface area contributed by atoms with Crippen molar-refractivity contribution in [1.82, 2.24) is 0 Å². The molecule has 0 aliphatic heterocycles. The van der Waals surface area contributed by atoms with Crippen LogP contribution in [0.5, 0.6) is 0 Å². The van der Waals surface area contributed by atoms with E-state index in [9.17, 15) is 4.79 Å². The van der Waals surface area contributed by atoms with Gasteiger partial charge >= 0.3 is 5.97 Å². The highest BCUT2D eigenvalue weighted by Gasteiger charge is 2.04. The van der Waals surface area contributed by atoms with E-state index in [-0.39, 0.29) is 5.97 Å². The van der Waals surface area contributed by atoms with Gasteiger partial charge in [0.05, 0.1) is 13.0 Å². The molecule has 0 N–H and O–H groups in total. The molecule has 0 rings (SSSR count). The third-order valence-electron chi connectivity index (χ3n) is 3.05. The van der Waals surface area contributed by atoms with Gasteiger partial charge < -0.3 is 4.74 Å². The second-order valence-corrected chi connectivity index (χ2v) is 4.50. The number of rotatable bonds is 7. The van der Waals surface area contributed by atoms with Crippen LogP contribution in [0.15, 0.2) is 23.3 Å². The second kappa shape index (κ2) is 9.03. The zero-order valence-electron chi connectivity index (χ0n) is 11.9. The molecule has 2 heteroatoms. The highest BCUT2D eigenvalue weighted by molar-refractivity contribution is 5.71. The maximum Gasteiger partial charge on any atom is 0.309 e. The molecule has 0 fully saturated rings. The van der Waals surface area contributed by atoms with E-state index in [1.165, 1.54) is 11.1 Å². The Morgan fingerprint density at radius 1 is 1.24 bits per heavy atom. The maximum atomic E-state index is 11.2. The van der Waals surface area contributed by atoms with Crippen molar-refractivity contribution >= 4 is 5.97 Å². The normalized spacial score (nSPS) is 14.6. The van der Waals surface area contributed by atoms with Crippen LogP contribution in [0.1, 0.15) is 53.9 Å². The Kier molecular flexibility index (Phi) is 8.47. The van der Waals surface area contributed by atoms with Crippen molar-refractivity contribution in [2.24, 2.45) is 5.92 Å². The quantitative estimate of drug-likeness (QED) is 0.489. The van der Waals surface area contributed by atoms with E-state index in [0.29, 0.717) is 18.9 Å². The summed E-state index contributed by atoms with van der Waals surface area (Å²) in [6.07, 6.45) is 6.81. The molecule has 1 atom stereocenters. The van der Waals surface area contributed by atoms with Crippen molar-refractivity contribution < 1.29 is 9.53 Å². The molecular weight excluding hydrogens is 212 g/mol. The zero-order valence-corrected chi connectivity index (χ0v) is 11.9. The van der Waals surface area contributed by atoms with Gasteiger partial charge in [0.2, 0.25) is 0 Å². The molecule has 0 amide bonds. The van der Waals surface area contributed by atoms with Crippen LogP contribution in [-0.2, 0) is 9.53 Å². The molecule has 0 aromatic heterocycles. The van der Waals surface area contributed by atoms with Crippen molar-refractivity contribution in [3.63, 3.8) is 0 Å². The molecule has 98 valence electrons. The van der Waals surface area contributed by atoms with Gasteiger partial charge in [-0.15, -0.1) is 0 Å². The summed E-state index contributed by atoms with van der Waals surface area (Å²) in [4.78, 5) is 11.2. The smallest absolute Gasteiger partial charge is 0.309 e. The first-order valence-corrected chi connectivity index (χ1v) is 6.49. The van der Waals surface area contributed by atoms with E-state index >= 15 is 0 Å². The van der Waals surface area contributed by atoms with Crippen LogP contribution in [0.4, 0.5) is 0 Å². The summed E-state index contributed by atoms with van der Waals surface area (Å²) in [5.74, 6) is 0.352. The van der Waals surface area contributed by atoms with Crippen molar-refractivity contribution in [1.29, 1.82) is 0 Å². The highest BCUT2D eigenvalue weighted by Crippen LogP contribution is 2.17. The Labute approximate surface area is 106 Å². The van der Waals surface area contributed by atoms with Crippen molar-refractivity contribution in [2.45, 2.75) is 53.9 Å². The minimum atomic E-state index is -0.140. The van der Waals surface area contributed by atoms with Gasteiger partial charge in [-0.25, -0.2) is 0 Å². The lowest BCUT2D eigenvalue weighted by Crippen LogP contribution is -2.03. The lowest BCUT2D eigenvalue weighted by atomic mass is 9.96. The van der Waals surface area contributed by atoms with Crippen LogP contribution in [0.2, 0.25) is 0 Å². The topological polar surface area (TPSA) is 26.3 Å². The maximum absolute atomic E-state index is 11.2. The van der Waals surface area contributed by atoms with E-state index < -0.39 is 0 Å². The summed E-state index contributed by atoms with van der Waals surface area (Å²) >= 11 is 0. The zero-order chi connectivity index (χ0) is 13.3. The second-order valence-electron chi connectivity index (χ2n) is 4.50. The van der Waals surface area contributed by atoms with E-state index in [4.69, 9.17) is 4.74 Å². The fourth-order valence-corrected chi connectivity index (χ4v) is 1.37. The molecule has 0 aliphatic carbocycles. The van der Waals surface area contributed by atoms with Crippen molar-refractivity contribution in [3.8, 4) is 0 Å². The van der Waals surface area contributed by atoms with Crippen LogP contribution in [-0.4, -0.2) is 12.6 Å². The van der Waals surface area contributed by atoms with E-state index in [1.54, 1.807) is 0 Å². The summed E-state index contributed by atoms with van der Waals surface area (Å²) < 4.78 is 4.89. The number of carbonyl (C=O) groups is 1. The fourth-order valence-electron chi connectivity index (χ4n) is 1.37. The first-order chi connectivity index (χ1) is 8.01. The number of ether oxygens (including phenoxy) is 1. The lowest BCUT2D eigenvalue weighted by Gasteiger charge is -2.10. The van der Waals surface area contributed by atoms with Gasteiger partial charge in [0.25, 0.3) is 0 Å². The molecule has 0 aromatic carbocycles. The van der Waals surface area contributed by atoms with Crippen LogP contribution < -0.4 is 0 Å². The minimum Gasteiger partial charge on any atom is -0.466 e. The largest absolute Gasteiger partial charge is 0.466 e. The molecule has 0 aromatic rings. The summed E-state index contributed by atoms with van der Waals surface area (Å²) in [7, 11) is 0. The van der Waals surface area contributed by atoms with E-state index in [2.05, 4.69) is 33.8 Å². The summed E-state index contributed by atoms with van der Waals surface area (Å²) in [5.41, 5.74) is 2.69. The average Bonchev–Trinajstić information content (AvgIpc) is 2.32. The molecule has 2 nitrogen and oxygen atoms in total. The van der Waals surface area contributed by atoms with E-state index in [0.717, 1.165) is 12.8 Å². The molecule has 0 saturated carbocycles. The van der Waals surface area contributed by atoms with E-state index in [1.807, 2.05) is 13.0 Å². The number of hydrogen-bond acceptors (Lipinski definition) is 2. The molecule has 0 saturated heterocycles. The summed E-state index contributed by atoms with van der Waals surface area (Å²) in [6, 6.07) is 0. The minimum absolute atomic E-state index is 0.140. The van der Waals surface area contributed by atoms with Crippen molar-refractivity contribution in [2.75, 3.05) is 6.61 Å². The number of hydrogen-bond donors (Lipinski definition) is 0. The van der Waals surface area contributed by atoms with Crippen LogP contribution in [0, 0.1) is 5.92 Å². The number of esters is 1. The molecule has 0 aliphatic rings. The Balaban J connectivity index is 4.15. The lowest BCUT2D eigenvalue weighted by molar-refractivity contribution is -0.142. The van der Waals surface area contributed by atoms with Gasteiger partial charge in [0.1, 0.15) is 0 Å². The van der Waals surface area contributed by atoms with Gasteiger partial charge in [0, 0.05) is 0 Å².